The molecule has 1 aromatic carbocycles. The molecular weight excluding hydrogens is 372 g/mol. The van der Waals surface area contributed by atoms with Gasteiger partial charge in [0.15, 0.2) is 11.8 Å². The van der Waals surface area contributed by atoms with Crippen molar-refractivity contribution in [1.29, 1.82) is 0 Å². The Kier molecular flexibility index (Phi) is 7.00. The van der Waals surface area contributed by atoms with E-state index >= 15 is 0 Å². The number of aliphatic imine (C=N–C) groups is 1. The van der Waals surface area contributed by atoms with Crippen LogP contribution in [-0.2, 0) is 13.6 Å². The van der Waals surface area contributed by atoms with Crippen LogP contribution in [0.25, 0.3) is 10.1 Å². The van der Waals surface area contributed by atoms with Crippen LogP contribution >= 0.6 is 11.3 Å². The summed E-state index contributed by atoms with van der Waals surface area (Å²) in [6.07, 6.45) is 1.57. The first-order valence-electron chi connectivity index (χ1n) is 9.62. The zero-order valence-electron chi connectivity index (χ0n) is 16.6. The van der Waals surface area contributed by atoms with E-state index in [0.717, 1.165) is 41.3 Å². The summed E-state index contributed by atoms with van der Waals surface area (Å²) in [7, 11) is 1.93. The topological polar surface area (TPSA) is 87.4 Å². The number of hydrogen-bond donors (Lipinski definition) is 3. The van der Waals surface area contributed by atoms with E-state index in [2.05, 4.69) is 50.9 Å². The van der Waals surface area contributed by atoms with Crippen LogP contribution in [0, 0.1) is 6.92 Å². The Balaban J connectivity index is 1.64. The van der Waals surface area contributed by atoms with Gasteiger partial charge in [-0.3, -0.25) is 0 Å². The van der Waals surface area contributed by atoms with Crippen molar-refractivity contribution in [3.63, 3.8) is 0 Å². The van der Waals surface area contributed by atoms with Crippen LogP contribution in [0.4, 0.5) is 0 Å². The lowest BCUT2D eigenvalue weighted by atomic mass is 10.2. The number of unbranched alkanes of at least 4 members (excludes halogenated alkanes) is 1. The second-order valence-corrected chi connectivity index (χ2v) is 7.87. The average molecular weight is 401 g/mol. The second kappa shape index (κ2) is 9.66. The van der Waals surface area contributed by atoms with Crippen LogP contribution in [0.2, 0.25) is 0 Å². The van der Waals surface area contributed by atoms with Gasteiger partial charge in [0.25, 0.3) is 0 Å². The van der Waals surface area contributed by atoms with E-state index in [1.54, 1.807) is 11.3 Å². The molecule has 0 saturated heterocycles. The molecule has 2 heterocycles. The molecular formula is C20H28N6OS. The monoisotopic (exact) mass is 400 g/mol. The zero-order valence-corrected chi connectivity index (χ0v) is 17.5. The average Bonchev–Trinajstić information content (AvgIpc) is 3.27. The molecule has 3 rings (SSSR count). The second-order valence-electron chi connectivity index (χ2n) is 6.75. The smallest absolute Gasteiger partial charge is 0.191 e. The molecule has 1 unspecified atom stereocenters. The predicted octanol–water partition coefficient (Wildman–Crippen LogP) is 2.91. The van der Waals surface area contributed by atoms with Gasteiger partial charge < -0.3 is 20.3 Å². The molecule has 2 aromatic heterocycles. The molecule has 3 N–H and O–H groups in total. The third kappa shape index (κ3) is 5.08. The molecule has 7 nitrogen and oxygen atoms in total. The van der Waals surface area contributed by atoms with E-state index < -0.39 is 6.10 Å². The van der Waals surface area contributed by atoms with Gasteiger partial charge in [0.2, 0.25) is 0 Å². The maximum Gasteiger partial charge on any atom is 0.191 e. The summed E-state index contributed by atoms with van der Waals surface area (Å²) in [6.45, 7) is 5.72. The number of fused-ring (bicyclic) bond motifs is 1. The first-order chi connectivity index (χ1) is 13.6. The number of rotatable bonds is 8. The van der Waals surface area contributed by atoms with Gasteiger partial charge in [-0.15, -0.1) is 21.5 Å². The lowest BCUT2D eigenvalue weighted by Gasteiger charge is -2.15. The molecule has 0 spiro atoms. The van der Waals surface area contributed by atoms with Crippen LogP contribution < -0.4 is 10.6 Å². The Hall–Kier alpha value is -2.45. The van der Waals surface area contributed by atoms with Crippen LogP contribution in [0.3, 0.4) is 0 Å². The van der Waals surface area contributed by atoms with Crippen molar-refractivity contribution in [2.24, 2.45) is 12.0 Å². The minimum atomic E-state index is -0.590. The predicted molar refractivity (Wildman–Crippen MR) is 115 cm³/mol. The molecule has 0 radical (unpaired) electrons. The first-order valence-corrected chi connectivity index (χ1v) is 10.4. The van der Waals surface area contributed by atoms with Crippen LogP contribution in [0.15, 0.2) is 35.3 Å². The normalized spacial score (nSPS) is 13.1. The SMILES string of the molecule is CCCCNC(=NCc1nnc(C)n1C)NCC(O)c1cc2ccccc2s1. The molecule has 0 aliphatic heterocycles. The van der Waals surface area contributed by atoms with Crippen molar-refractivity contribution >= 4 is 27.4 Å². The van der Waals surface area contributed by atoms with E-state index in [4.69, 9.17) is 0 Å². The molecule has 0 aliphatic rings. The Morgan fingerprint density at radius 2 is 2.11 bits per heavy atom. The molecule has 150 valence electrons. The van der Waals surface area contributed by atoms with E-state index in [1.165, 1.54) is 4.70 Å². The fraction of sp³-hybridized carbons (Fsp3) is 0.450. The maximum atomic E-state index is 10.6. The molecule has 0 saturated carbocycles. The standard InChI is InChI=1S/C20H28N6OS/c1-4-5-10-21-20(23-13-19-25-24-14(2)26(19)3)22-12-16(27)18-11-15-8-6-7-9-17(15)28-18/h6-9,11,16,27H,4-5,10,12-13H2,1-3H3,(H2,21,22,23). The highest BCUT2D eigenvalue weighted by molar-refractivity contribution is 7.19. The van der Waals surface area contributed by atoms with Gasteiger partial charge in [-0.1, -0.05) is 31.5 Å². The van der Waals surface area contributed by atoms with Crippen molar-refractivity contribution in [3.05, 3.63) is 46.9 Å². The number of aromatic nitrogens is 3. The summed E-state index contributed by atoms with van der Waals surface area (Å²) >= 11 is 1.62. The highest BCUT2D eigenvalue weighted by Gasteiger charge is 2.12. The number of nitrogens with one attached hydrogen (secondary N) is 2. The minimum Gasteiger partial charge on any atom is -0.386 e. The summed E-state index contributed by atoms with van der Waals surface area (Å²) in [5, 5.41) is 26.6. The number of aliphatic hydroxyl groups is 1. The van der Waals surface area contributed by atoms with E-state index in [9.17, 15) is 5.11 Å². The van der Waals surface area contributed by atoms with E-state index in [0.29, 0.717) is 19.0 Å². The largest absolute Gasteiger partial charge is 0.386 e. The quantitative estimate of drug-likeness (QED) is 0.307. The number of hydrogen-bond acceptors (Lipinski definition) is 5. The highest BCUT2D eigenvalue weighted by Crippen LogP contribution is 2.29. The fourth-order valence-electron chi connectivity index (χ4n) is 2.76. The van der Waals surface area contributed by atoms with Gasteiger partial charge in [0.05, 0.1) is 0 Å². The van der Waals surface area contributed by atoms with Crippen molar-refractivity contribution < 1.29 is 5.11 Å². The van der Waals surface area contributed by atoms with Gasteiger partial charge in [0.1, 0.15) is 18.5 Å². The number of guanidine groups is 1. The van der Waals surface area contributed by atoms with E-state index in [-0.39, 0.29) is 0 Å². The van der Waals surface area contributed by atoms with Crippen molar-refractivity contribution in [2.45, 2.75) is 39.3 Å². The molecule has 3 aromatic rings. The van der Waals surface area contributed by atoms with Gasteiger partial charge in [0, 0.05) is 29.7 Å². The van der Waals surface area contributed by atoms with Crippen LogP contribution in [0.5, 0.6) is 0 Å². The Morgan fingerprint density at radius 3 is 2.82 bits per heavy atom. The molecule has 28 heavy (non-hydrogen) atoms. The summed E-state index contributed by atoms with van der Waals surface area (Å²) < 4.78 is 3.11. The third-order valence-corrected chi connectivity index (χ3v) is 5.84. The van der Waals surface area contributed by atoms with E-state index in [1.807, 2.05) is 30.7 Å². The first kappa shape index (κ1) is 20.3. The Labute approximate surface area is 169 Å². The molecule has 0 amide bonds. The fourth-order valence-corrected chi connectivity index (χ4v) is 3.81. The summed E-state index contributed by atoms with van der Waals surface area (Å²) in [5.74, 6) is 2.34. The number of nitrogens with zero attached hydrogens (tertiary/aromatic N) is 4. The lowest BCUT2D eigenvalue weighted by Crippen LogP contribution is -2.40. The Morgan fingerprint density at radius 1 is 1.29 bits per heavy atom. The molecule has 0 fully saturated rings. The van der Waals surface area contributed by atoms with Crippen LogP contribution in [-0.4, -0.2) is 38.9 Å². The van der Waals surface area contributed by atoms with Gasteiger partial charge in [-0.05, 0) is 30.9 Å². The Bertz CT molecular complexity index is 899. The van der Waals surface area contributed by atoms with Crippen molar-refractivity contribution in [2.75, 3.05) is 13.1 Å². The molecule has 1 atom stereocenters. The number of aryl methyl sites for hydroxylation is 1. The number of aliphatic hydroxyl groups excluding tert-OH is 1. The van der Waals surface area contributed by atoms with Crippen LogP contribution in [0.1, 0.15) is 42.4 Å². The summed E-state index contributed by atoms with van der Waals surface area (Å²) in [5.41, 5.74) is 0. The van der Waals surface area contributed by atoms with Gasteiger partial charge in [-0.2, -0.15) is 0 Å². The zero-order chi connectivity index (χ0) is 19.9. The third-order valence-electron chi connectivity index (χ3n) is 4.62. The van der Waals surface area contributed by atoms with Gasteiger partial charge >= 0.3 is 0 Å². The lowest BCUT2D eigenvalue weighted by molar-refractivity contribution is 0.184. The maximum absolute atomic E-state index is 10.6. The van der Waals surface area contributed by atoms with Crippen molar-refractivity contribution in [1.82, 2.24) is 25.4 Å². The van der Waals surface area contributed by atoms with Gasteiger partial charge in [-0.25, -0.2) is 4.99 Å². The summed E-state index contributed by atoms with van der Waals surface area (Å²) in [4.78, 5) is 5.56. The molecule has 8 heteroatoms. The summed E-state index contributed by atoms with van der Waals surface area (Å²) in [6, 6.07) is 10.2. The number of thiophene rings is 1. The van der Waals surface area contributed by atoms with Crippen molar-refractivity contribution in [3.8, 4) is 0 Å². The highest BCUT2D eigenvalue weighted by atomic mass is 32.1. The minimum absolute atomic E-state index is 0.391. The number of benzene rings is 1. The molecule has 0 bridgehead atoms. The molecule has 0 aliphatic carbocycles.